The highest BCUT2D eigenvalue weighted by Crippen LogP contribution is 2.39. The van der Waals surface area contributed by atoms with Gasteiger partial charge in [0, 0.05) is 31.9 Å². The second-order valence-electron chi connectivity index (χ2n) is 8.64. The monoisotopic (exact) mass is 460 g/mol. The summed E-state index contributed by atoms with van der Waals surface area (Å²) >= 11 is 6.18. The molecule has 0 radical (unpaired) electrons. The van der Waals surface area contributed by atoms with Crippen LogP contribution in [0.3, 0.4) is 0 Å². The van der Waals surface area contributed by atoms with Crippen molar-refractivity contribution >= 4 is 29.0 Å². The molecule has 0 aliphatic carbocycles. The summed E-state index contributed by atoms with van der Waals surface area (Å²) in [4.78, 5) is 26.3. The number of halogens is 1. The molecule has 5 rings (SSSR count). The fourth-order valence-electron chi connectivity index (χ4n) is 4.39. The number of benzene rings is 2. The molecule has 3 aromatic rings. The lowest BCUT2D eigenvalue weighted by Gasteiger charge is -2.41. The molecule has 33 heavy (non-hydrogen) atoms. The Hall–Kier alpha value is -3.38. The van der Waals surface area contributed by atoms with Crippen LogP contribution in [-0.2, 0) is 0 Å². The summed E-state index contributed by atoms with van der Waals surface area (Å²) in [7, 11) is 0. The number of fused-ring (bicyclic) bond motifs is 2. The third-order valence-corrected chi connectivity index (χ3v) is 6.42. The van der Waals surface area contributed by atoms with Crippen molar-refractivity contribution in [1.29, 1.82) is 0 Å². The number of nitrogens with zero attached hydrogens (tertiary/aromatic N) is 4. The number of carbonyl (C=O) groups excluding carboxylic acids is 1. The second-order valence-corrected chi connectivity index (χ2v) is 9.00. The van der Waals surface area contributed by atoms with Crippen molar-refractivity contribution in [3.63, 3.8) is 0 Å². The highest BCUT2D eigenvalue weighted by molar-refractivity contribution is 6.32. The van der Waals surface area contributed by atoms with Crippen molar-refractivity contribution in [2.24, 2.45) is 4.99 Å². The Kier molecular flexibility index (Phi) is 5.54. The molecule has 2 aliphatic rings. The van der Waals surface area contributed by atoms with E-state index >= 15 is 0 Å². The van der Waals surface area contributed by atoms with Gasteiger partial charge in [0.15, 0.2) is 5.75 Å². The predicted molar refractivity (Wildman–Crippen MR) is 130 cm³/mol. The number of amidine groups is 1. The second kappa shape index (κ2) is 8.52. The Bertz CT molecular complexity index is 1270. The van der Waals surface area contributed by atoms with E-state index in [1.165, 1.54) is 0 Å². The zero-order valence-corrected chi connectivity index (χ0v) is 19.6. The minimum absolute atomic E-state index is 0.0276. The lowest BCUT2D eigenvalue weighted by atomic mass is 10.1. The molecular formula is C26H25ClN4O2. The molecule has 0 N–H and O–H groups in total. The number of ether oxygens (including phenoxy) is 1. The van der Waals surface area contributed by atoms with E-state index in [4.69, 9.17) is 21.3 Å². The molecule has 2 aromatic carbocycles. The minimum atomic E-state index is -0.0940. The van der Waals surface area contributed by atoms with Crippen molar-refractivity contribution in [3.8, 4) is 11.5 Å². The molecule has 2 aliphatic heterocycles. The number of aliphatic imine (C=N–C) groups is 1. The zero-order valence-electron chi connectivity index (χ0n) is 18.9. The van der Waals surface area contributed by atoms with Gasteiger partial charge in [0.2, 0.25) is 0 Å². The first-order chi connectivity index (χ1) is 15.9. The Balaban J connectivity index is 1.48. The van der Waals surface area contributed by atoms with E-state index in [9.17, 15) is 4.79 Å². The minimum Gasteiger partial charge on any atom is -0.454 e. The molecule has 0 saturated carbocycles. The average Bonchev–Trinajstić information content (AvgIpc) is 2.95. The molecule has 0 bridgehead atoms. The highest BCUT2D eigenvalue weighted by atomic mass is 35.5. The van der Waals surface area contributed by atoms with Crippen molar-refractivity contribution in [3.05, 3.63) is 82.1 Å². The van der Waals surface area contributed by atoms with Gasteiger partial charge in [-0.1, -0.05) is 29.3 Å². The van der Waals surface area contributed by atoms with Gasteiger partial charge in [-0.05, 0) is 62.7 Å². The lowest BCUT2D eigenvalue weighted by molar-refractivity contribution is 0.0581. The number of hydrogen-bond donors (Lipinski definition) is 0. The fraction of sp³-hybridized carbons (Fsp3) is 0.269. The summed E-state index contributed by atoms with van der Waals surface area (Å²) in [6.07, 6.45) is 1.59. The zero-order chi connectivity index (χ0) is 23.1. The molecule has 168 valence electrons. The smallest absolute Gasteiger partial charge is 0.257 e. The van der Waals surface area contributed by atoms with Gasteiger partial charge in [-0.25, -0.2) is 9.98 Å². The van der Waals surface area contributed by atoms with Gasteiger partial charge in [-0.2, -0.15) is 0 Å². The number of hydrogen-bond acceptors (Lipinski definition) is 5. The molecule has 0 spiro atoms. The topological polar surface area (TPSA) is 58.0 Å². The molecule has 1 atom stereocenters. The first-order valence-corrected chi connectivity index (χ1v) is 11.4. The van der Waals surface area contributed by atoms with Crippen molar-refractivity contribution in [2.75, 3.05) is 19.6 Å². The predicted octanol–water partition coefficient (Wildman–Crippen LogP) is 5.38. The van der Waals surface area contributed by atoms with Crippen LogP contribution >= 0.6 is 11.6 Å². The van der Waals surface area contributed by atoms with Crippen molar-refractivity contribution in [1.82, 2.24) is 14.8 Å². The summed E-state index contributed by atoms with van der Waals surface area (Å²) in [5.74, 6) is 2.32. The molecule has 3 heterocycles. The summed E-state index contributed by atoms with van der Waals surface area (Å²) in [5, 5.41) is 0.235. The maximum absolute atomic E-state index is 13.1. The van der Waals surface area contributed by atoms with E-state index in [0.29, 0.717) is 25.2 Å². The van der Waals surface area contributed by atoms with Crippen LogP contribution in [0.25, 0.3) is 0 Å². The van der Waals surface area contributed by atoms with Crippen LogP contribution in [0.5, 0.6) is 11.5 Å². The van der Waals surface area contributed by atoms with E-state index < -0.39 is 0 Å². The summed E-state index contributed by atoms with van der Waals surface area (Å²) < 4.78 is 6.29. The van der Waals surface area contributed by atoms with E-state index in [2.05, 4.69) is 29.8 Å². The number of carbonyl (C=O) groups is 1. The highest BCUT2D eigenvalue weighted by Gasteiger charge is 2.32. The quantitative estimate of drug-likeness (QED) is 0.457. The van der Waals surface area contributed by atoms with Gasteiger partial charge in [-0.15, -0.1) is 0 Å². The third kappa shape index (κ3) is 4.07. The molecule has 1 fully saturated rings. The van der Waals surface area contributed by atoms with Crippen molar-refractivity contribution < 1.29 is 9.53 Å². The lowest BCUT2D eigenvalue weighted by Crippen LogP contribution is -2.55. The normalized spacial score (nSPS) is 17.5. The Morgan fingerprint density at radius 1 is 1.06 bits per heavy atom. The number of piperazine rings is 1. The van der Waals surface area contributed by atoms with Crippen LogP contribution in [0.15, 0.2) is 59.7 Å². The Labute approximate surface area is 198 Å². The molecule has 1 saturated heterocycles. The van der Waals surface area contributed by atoms with Gasteiger partial charge in [0.25, 0.3) is 5.91 Å². The maximum atomic E-state index is 13.1. The average molecular weight is 461 g/mol. The molecule has 1 aromatic heterocycles. The van der Waals surface area contributed by atoms with Crippen LogP contribution in [0.2, 0.25) is 5.15 Å². The summed E-state index contributed by atoms with van der Waals surface area (Å²) in [6.45, 7) is 8.03. The molecule has 1 amide bonds. The molecule has 0 unspecified atom stereocenters. The van der Waals surface area contributed by atoms with Gasteiger partial charge in [-0.3, -0.25) is 4.79 Å². The SMILES string of the molecule is Cc1ccc2c(c1)Oc1ccc(C)cc1C(N1CCN(C(=O)c3cccnc3Cl)[C@@H](C)C1)=N2. The number of pyridine rings is 1. The van der Waals surface area contributed by atoms with Gasteiger partial charge in [0.1, 0.15) is 22.4 Å². The first-order valence-electron chi connectivity index (χ1n) is 11.1. The van der Waals surface area contributed by atoms with Crippen LogP contribution in [-0.4, -0.2) is 52.2 Å². The van der Waals surface area contributed by atoms with Gasteiger partial charge >= 0.3 is 0 Å². The summed E-state index contributed by atoms with van der Waals surface area (Å²) in [6, 6.07) is 15.7. The Morgan fingerprint density at radius 3 is 2.64 bits per heavy atom. The number of rotatable bonds is 1. The van der Waals surface area contributed by atoms with Crippen LogP contribution in [0.1, 0.15) is 34.0 Å². The van der Waals surface area contributed by atoms with Crippen LogP contribution < -0.4 is 4.74 Å². The fourth-order valence-corrected chi connectivity index (χ4v) is 4.59. The van der Waals surface area contributed by atoms with E-state index in [0.717, 1.165) is 39.7 Å². The molecule has 6 nitrogen and oxygen atoms in total. The van der Waals surface area contributed by atoms with E-state index in [1.807, 2.05) is 42.2 Å². The number of aromatic nitrogens is 1. The number of aryl methyl sites for hydroxylation is 2. The Morgan fingerprint density at radius 2 is 1.85 bits per heavy atom. The van der Waals surface area contributed by atoms with E-state index in [-0.39, 0.29) is 17.1 Å². The van der Waals surface area contributed by atoms with E-state index in [1.54, 1.807) is 18.3 Å². The summed E-state index contributed by atoms with van der Waals surface area (Å²) in [5.41, 5.74) is 4.46. The number of amides is 1. The maximum Gasteiger partial charge on any atom is 0.257 e. The third-order valence-electron chi connectivity index (χ3n) is 6.11. The van der Waals surface area contributed by atoms with Crippen molar-refractivity contribution in [2.45, 2.75) is 26.8 Å². The van der Waals surface area contributed by atoms with Gasteiger partial charge < -0.3 is 14.5 Å². The van der Waals surface area contributed by atoms with Crippen LogP contribution in [0.4, 0.5) is 5.69 Å². The molecule has 7 heteroatoms. The first kappa shape index (κ1) is 21.5. The van der Waals surface area contributed by atoms with Gasteiger partial charge in [0.05, 0.1) is 11.1 Å². The standard InChI is InChI=1S/C26H25ClN4O2/c1-16-7-9-22-20(13-16)25(29-21-8-6-17(2)14-23(21)33-22)30-11-12-31(18(3)15-30)26(32)19-5-4-10-28-24(19)27/h4-10,13-14,18H,11-12,15H2,1-3H3/t18-/m0/s1. The molecular weight excluding hydrogens is 436 g/mol. The van der Waals surface area contributed by atoms with Crippen LogP contribution in [0, 0.1) is 13.8 Å². The largest absolute Gasteiger partial charge is 0.454 e.